The normalized spacial score (nSPS) is 18.9. The molecule has 102 valence electrons. The van der Waals surface area contributed by atoms with Crippen molar-refractivity contribution in [3.05, 3.63) is 17.5 Å². The van der Waals surface area contributed by atoms with Crippen molar-refractivity contribution in [1.82, 2.24) is 14.7 Å². The summed E-state index contributed by atoms with van der Waals surface area (Å²) in [6.07, 6.45) is 4.71. The van der Waals surface area contributed by atoms with E-state index in [-0.39, 0.29) is 11.9 Å². The molecule has 0 bridgehead atoms. The molecule has 1 fully saturated rings. The molecule has 0 spiro atoms. The van der Waals surface area contributed by atoms with E-state index in [1.807, 2.05) is 18.0 Å². The summed E-state index contributed by atoms with van der Waals surface area (Å²) in [6.45, 7) is 7.64. The summed E-state index contributed by atoms with van der Waals surface area (Å²) in [5.41, 5.74) is 2.40. The third kappa shape index (κ3) is 2.98. The minimum absolute atomic E-state index is 0.0481. The Morgan fingerprint density at radius 3 is 2.95 bits per heavy atom. The smallest absolute Gasteiger partial charge is 0.298 e. The molecule has 4 heteroatoms. The fraction of sp³-hybridized carbons (Fsp3) is 0.600. The Kier molecular flexibility index (Phi) is 4.26. The fourth-order valence-corrected chi connectivity index (χ4v) is 2.46. The van der Waals surface area contributed by atoms with Gasteiger partial charge in [0.25, 0.3) is 5.91 Å². The maximum absolute atomic E-state index is 11.9. The van der Waals surface area contributed by atoms with Gasteiger partial charge in [-0.1, -0.05) is 12.8 Å². The summed E-state index contributed by atoms with van der Waals surface area (Å²) in [5.74, 6) is 5.50. The highest BCUT2D eigenvalue weighted by molar-refractivity contribution is 5.93. The molecular weight excluding hydrogens is 238 g/mol. The Morgan fingerprint density at radius 1 is 1.53 bits per heavy atom. The highest BCUT2D eigenvalue weighted by atomic mass is 16.2. The van der Waals surface area contributed by atoms with Gasteiger partial charge >= 0.3 is 0 Å². The predicted octanol–water partition coefficient (Wildman–Crippen LogP) is 2.08. The number of carbonyl (C=O) groups is 1. The first-order valence-electron chi connectivity index (χ1n) is 6.92. The van der Waals surface area contributed by atoms with Gasteiger partial charge in [-0.2, -0.15) is 5.10 Å². The number of amides is 1. The number of likely N-dealkylation sites (tertiary alicyclic amines) is 1. The maximum atomic E-state index is 11.9. The van der Waals surface area contributed by atoms with Gasteiger partial charge < -0.3 is 4.90 Å². The average Bonchev–Trinajstić information content (AvgIpc) is 2.76. The van der Waals surface area contributed by atoms with Crippen LogP contribution >= 0.6 is 0 Å². The number of nitrogens with zero attached hydrogens (tertiary/aromatic N) is 3. The standard InChI is InChI=1S/C15H21N3O/c1-4-5-8-15(19)17-9-6-7-14(11-17)18-13(3)12(2)10-16-18/h10,14H,4,6-7,9,11H2,1-3H3. The molecule has 2 rings (SSSR count). The first-order chi connectivity index (χ1) is 9.13. The Bertz CT molecular complexity index is 521. The third-order valence-electron chi connectivity index (χ3n) is 3.69. The van der Waals surface area contributed by atoms with Crippen molar-refractivity contribution in [2.24, 2.45) is 0 Å². The van der Waals surface area contributed by atoms with E-state index in [1.54, 1.807) is 0 Å². The zero-order chi connectivity index (χ0) is 13.8. The van der Waals surface area contributed by atoms with Gasteiger partial charge in [0.1, 0.15) is 0 Å². The van der Waals surface area contributed by atoms with Gasteiger partial charge in [0, 0.05) is 25.2 Å². The number of rotatable bonds is 1. The van der Waals surface area contributed by atoms with Crippen LogP contribution in [0.2, 0.25) is 0 Å². The lowest BCUT2D eigenvalue weighted by atomic mass is 10.1. The lowest BCUT2D eigenvalue weighted by Gasteiger charge is -2.32. The van der Waals surface area contributed by atoms with E-state index < -0.39 is 0 Å². The summed E-state index contributed by atoms with van der Waals surface area (Å²) in [4.78, 5) is 13.8. The van der Waals surface area contributed by atoms with E-state index in [2.05, 4.69) is 35.5 Å². The molecule has 2 heterocycles. The SMILES string of the molecule is CCC#CC(=O)N1CCCC(n2ncc(C)c2C)C1. The lowest BCUT2D eigenvalue weighted by molar-refractivity contribution is -0.126. The predicted molar refractivity (Wildman–Crippen MR) is 74.6 cm³/mol. The van der Waals surface area contributed by atoms with Gasteiger partial charge in [-0.25, -0.2) is 0 Å². The van der Waals surface area contributed by atoms with Gasteiger partial charge in [-0.05, 0) is 38.2 Å². The van der Waals surface area contributed by atoms with Crippen molar-refractivity contribution in [3.8, 4) is 11.8 Å². The highest BCUT2D eigenvalue weighted by Crippen LogP contribution is 2.23. The van der Waals surface area contributed by atoms with Crippen LogP contribution in [0.3, 0.4) is 0 Å². The highest BCUT2D eigenvalue weighted by Gasteiger charge is 2.25. The number of hydrogen-bond acceptors (Lipinski definition) is 2. The van der Waals surface area contributed by atoms with Gasteiger partial charge in [-0.3, -0.25) is 9.48 Å². The Labute approximate surface area is 114 Å². The maximum Gasteiger partial charge on any atom is 0.298 e. The molecule has 1 amide bonds. The number of carbonyl (C=O) groups excluding carboxylic acids is 1. The van der Waals surface area contributed by atoms with Crippen LogP contribution in [0.5, 0.6) is 0 Å². The molecule has 1 aromatic rings. The molecule has 4 nitrogen and oxygen atoms in total. The van der Waals surface area contributed by atoms with Crippen molar-refractivity contribution in [1.29, 1.82) is 0 Å². The zero-order valence-electron chi connectivity index (χ0n) is 11.9. The summed E-state index contributed by atoms with van der Waals surface area (Å²) >= 11 is 0. The molecule has 1 aliphatic heterocycles. The summed E-state index contributed by atoms with van der Waals surface area (Å²) in [5, 5.41) is 4.44. The van der Waals surface area contributed by atoms with E-state index in [0.29, 0.717) is 0 Å². The fourth-order valence-electron chi connectivity index (χ4n) is 2.46. The second kappa shape index (κ2) is 5.92. The Hall–Kier alpha value is -1.76. The molecule has 0 N–H and O–H groups in total. The quantitative estimate of drug-likeness (QED) is 0.724. The van der Waals surface area contributed by atoms with Crippen molar-refractivity contribution >= 4 is 5.91 Å². The summed E-state index contributed by atoms with van der Waals surface area (Å²) in [7, 11) is 0. The molecule has 0 aromatic carbocycles. The van der Waals surface area contributed by atoms with E-state index >= 15 is 0 Å². The Morgan fingerprint density at radius 2 is 2.32 bits per heavy atom. The van der Waals surface area contributed by atoms with Gasteiger partial charge in [0.05, 0.1) is 12.2 Å². The van der Waals surface area contributed by atoms with Crippen LogP contribution < -0.4 is 0 Å². The van der Waals surface area contributed by atoms with Crippen LogP contribution in [0.25, 0.3) is 0 Å². The Balaban J connectivity index is 2.09. The molecular formula is C15H21N3O. The van der Waals surface area contributed by atoms with Crippen LogP contribution in [0.4, 0.5) is 0 Å². The average molecular weight is 259 g/mol. The largest absolute Gasteiger partial charge is 0.330 e. The number of hydrogen-bond donors (Lipinski definition) is 0. The zero-order valence-corrected chi connectivity index (χ0v) is 11.9. The van der Waals surface area contributed by atoms with Crippen molar-refractivity contribution < 1.29 is 4.79 Å². The van der Waals surface area contributed by atoms with Crippen LogP contribution in [0.1, 0.15) is 43.5 Å². The molecule has 0 aliphatic carbocycles. The van der Waals surface area contributed by atoms with Crippen molar-refractivity contribution in [2.75, 3.05) is 13.1 Å². The van der Waals surface area contributed by atoms with E-state index in [1.165, 1.54) is 11.3 Å². The number of aromatic nitrogens is 2. The van der Waals surface area contributed by atoms with Gasteiger partial charge in [-0.15, -0.1) is 0 Å². The van der Waals surface area contributed by atoms with Crippen molar-refractivity contribution in [3.63, 3.8) is 0 Å². The second-order valence-corrected chi connectivity index (χ2v) is 5.06. The van der Waals surface area contributed by atoms with E-state index in [0.717, 1.165) is 32.4 Å². The lowest BCUT2D eigenvalue weighted by Crippen LogP contribution is -2.40. The van der Waals surface area contributed by atoms with Gasteiger partial charge in [0.15, 0.2) is 0 Å². The van der Waals surface area contributed by atoms with Crippen LogP contribution in [0.15, 0.2) is 6.20 Å². The minimum atomic E-state index is -0.0481. The molecule has 0 radical (unpaired) electrons. The van der Waals surface area contributed by atoms with E-state index in [9.17, 15) is 4.79 Å². The summed E-state index contributed by atoms with van der Waals surface area (Å²) < 4.78 is 2.06. The van der Waals surface area contributed by atoms with Crippen LogP contribution in [-0.4, -0.2) is 33.7 Å². The van der Waals surface area contributed by atoms with Crippen molar-refractivity contribution in [2.45, 2.75) is 46.1 Å². The molecule has 0 saturated carbocycles. The molecule has 1 unspecified atom stereocenters. The first-order valence-corrected chi connectivity index (χ1v) is 6.92. The monoisotopic (exact) mass is 259 g/mol. The minimum Gasteiger partial charge on any atom is -0.330 e. The first kappa shape index (κ1) is 13.7. The van der Waals surface area contributed by atoms with E-state index in [4.69, 9.17) is 0 Å². The topological polar surface area (TPSA) is 38.1 Å². The molecule has 1 atom stereocenters. The second-order valence-electron chi connectivity index (χ2n) is 5.06. The van der Waals surface area contributed by atoms with Crippen LogP contribution in [0, 0.1) is 25.7 Å². The number of piperidine rings is 1. The molecule has 1 aromatic heterocycles. The molecule has 1 saturated heterocycles. The summed E-state index contributed by atoms with van der Waals surface area (Å²) in [6, 6.07) is 0.287. The van der Waals surface area contributed by atoms with Gasteiger partial charge in [0.2, 0.25) is 0 Å². The molecule has 1 aliphatic rings. The van der Waals surface area contributed by atoms with Crippen LogP contribution in [-0.2, 0) is 4.79 Å². The molecule has 19 heavy (non-hydrogen) atoms. The third-order valence-corrected chi connectivity index (χ3v) is 3.69. The number of aryl methyl sites for hydroxylation is 1.